The van der Waals surface area contributed by atoms with Gasteiger partial charge in [-0.2, -0.15) is 0 Å². The van der Waals surface area contributed by atoms with Crippen molar-refractivity contribution < 1.29 is 0 Å². The number of rotatable bonds is 8. The lowest BCUT2D eigenvalue weighted by Crippen LogP contribution is -2.44. The maximum atomic E-state index is 4.76. The van der Waals surface area contributed by atoms with E-state index in [9.17, 15) is 0 Å². The van der Waals surface area contributed by atoms with Gasteiger partial charge < -0.3 is 15.2 Å². The SMILES string of the molecule is CCNC(=NCCCCn1cnnc1)NC1CCC(c2ccccc2)CC1.I. The zero-order chi connectivity index (χ0) is 18.7. The Bertz CT molecular complexity index is 665. The zero-order valence-electron chi connectivity index (χ0n) is 16.8. The molecule has 0 amide bonds. The summed E-state index contributed by atoms with van der Waals surface area (Å²) >= 11 is 0. The van der Waals surface area contributed by atoms with Crippen LogP contribution < -0.4 is 10.6 Å². The van der Waals surface area contributed by atoms with E-state index in [1.165, 1.54) is 31.2 Å². The molecule has 28 heavy (non-hydrogen) atoms. The minimum atomic E-state index is 0. The summed E-state index contributed by atoms with van der Waals surface area (Å²) in [5.74, 6) is 1.67. The molecule has 1 heterocycles. The summed E-state index contributed by atoms with van der Waals surface area (Å²) in [7, 11) is 0. The molecular formula is C21H33IN6. The quantitative estimate of drug-likeness (QED) is 0.251. The number of benzene rings is 1. The molecule has 2 aromatic rings. The highest BCUT2D eigenvalue weighted by molar-refractivity contribution is 14.0. The monoisotopic (exact) mass is 496 g/mol. The smallest absolute Gasteiger partial charge is 0.191 e. The zero-order valence-corrected chi connectivity index (χ0v) is 19.1. The first-order valence-corrected chi connectivity index (χ1v) is 10.3. The van der Waals surface area contributed by atoms with Gasteiger partial charge in [0.2, 0.25) is 0 Å². The molecule has 6 nitrogen and oxygen atoms in total. The van der Waals surface area contributed by atoms with Crippen LogP contribution in [0.4, 0.5) is 0 Å². The highest BCUT2D eigenvalue weighted by atomic mass is 127. The van der Waals surface area contributed by atoms with E-state index in [1.54, 1.807) is 12.7 Å². The Morgan fingerprint density at radius 1 is 1.07 bits per heavy atom. The lowest BCUT2D eigenvalue weighted by Gasteiger charge is -2.30. The number of hydrogen-bond donors (Lipinski definition) is 2. The predicted octanol–water partition coefficient (Wildman–Crippen LogP) is 3.96. The van der Waals surface area contributed by atoms with Gasteiger partial charge in [0.25, 0.3) is 0 Å². The maximum absolute atomic E-state index is 4.76. The van der Waals surface area contributed by atoms with Crippen LogP contribution in [0.15, 0.2) is 48.0 Å². The molecule has 0 bridgehead atoms. The maximum Gasteiger partial charge on any atom is 0.191 e. The first-order chi connectivity index (χ1) is 13.3. The Balaban J connectivity index is 0.00000280. The van der Waals surface area contributed by atoms with Crippen molar-refractivity contribution in [2.75, 3.05) is 13.1 Å². The molecule has 1 aromatic heterocycles. The van der Waals surface area contributed by atoms with Crippen LogP contribution in [-0.2, 0) is 6.54 Å². The van der Waals surface area contributed by atoms with E-state index >= 15 is 0 Å². The highest BCUT2D eigenvalue weighted by Crippen LogP contribution is 2.32. The van der Waals surface area contributed by atoms with Crippen LogP contribution in [0.2, 0.25) is 0 Å². The molecule has 0 saturated heterocycles. The van der Waals surface area contributed by atoms with Crippen LogP contribution in [0.5, 0.6) is 0 Å². The fourth-order valence-corrected chi connectivity index (χ4v) is 3.74. The van der Waals surface area contributed by atoms with Crippen LogP contribution in [0.1, 0.15) is 56.9 Å². The van der Waals surface area contributed by atoms with Gasteiger partial charge in [-0.25, -0.2) is 0 Å². The Hall–Kier alpha value is -1.64. The summed E-state index contributed by atoms with van der Waals surface area (Å²) in [6.07, 6.45) is 10.6. The molecule has 1 aliphatic carbocycles. The first kappa shape index (κ1) is 22.6. The Morgan fingerprint density at radius 2 is 1.79 bits per heavy atom. The molecule has 154 valence electrons. The minimum Gasteiger partial charge on any atom is -0.357 e. The molecule has 1 aromatic carbocycles. The van der Waals surface area contributed by atoms with Crippen molar-refractivity contribution in [3.8, 4) is 0 Å². The third kappa shape index (κ3) is 7.41. The van der Waals surface area contributed by atoms with Gasteiger partial charge in [-0.15, -0.1) is 34.2 Å². The standard InChI is InChI=1S/C21H32N6.HI/c1-2-22-21(23-14-6-7-15-27-16-24-25-17-27)26-20-12-10-19(11-13-20)18-8-4-3-5-9-18;/h3-5,8-9,16-17,19-20H,2,6-7,10-15H2,1H3,(H2,22,23,26);1H. The molecule has 0 aliphatic heterocycles. The summed E-state index contributed by atoms with van der Waals surface area (Å²) in [4.78, 5) is 4.76. The van der Waals surface area contributed by atoms with Gasteiger partial charge in [-0.1, -0.05) is 30.3 Å². The molecule has 2 N–H and O–H groups in total. The molecule has 0 atom stereocenters. The Morgan fingerprint density at radius 3 is 2.46 bits per heavy atom. The summed E-state index contributed by atoms with van der Waals surface area (Å²) in [6.45, 7) is 4.81. The number of aryl methyl sites for hydroxylation is 1. The van der Waals surface area contributed by atoms with Crippen molar-refractivity contribution in [3.63, 3.8) is 0 Å². The average molecular weight is 496 g/mol. The summed E-state index contributed by atoms with van der Waals surface area (Å²) in [6, 6.07) is 11.5. The molecule has 1 aliphatic rings. The van der Waals surface area contributed by atoms with Crippen LogP contribution in [-0.4, -0.2) is 39.9 Å². The van der Waals surface area contributed by atoms with Gasteiger partial charge >= 0.3 is 0 Å². The largest absolute Gasteiger partial charge is 0.357 e. The van der Waals surface area contributed by atoms with E-state index in [0.29, 0.717) is 12.0 Å². The number of aliphatic imine (C=N–C) groups is 1. The van der Waals surface area contributed by atoms with Crippen molar-refractivity contribution >= 4 is 29.9 Å². The third-order valence-electron chi connectivity index (χ3n) is 5.24. The van der Waals surface area contributed by atoms with Crippen molar-refractivity contribution in [1.29, 1.82) is 0 Å². The molecule has 0 radical (unpaired) electrons. The van der Waals surface area contributed by atoms with Gasteiger partial charge in [-0.05, 0) is 56.9 Å². The number of unbranched alkanes of at least 4 members (excludes halogenated alkanes) is 1. The van der Waals surface area contributed by atoms with Gasteiger partial charge in [-0.3, -0.25) is 4.99 Å². The van der Waals surface area contributed by atoms with Crippen LogP contribution in [0.25, 0.3) is 0 Å². The lowest BCUT2D eigenvalue weighted by molar-refractivity contribution is 0.371. The summed E-state index contributed by atoms with van der Waals surface area (Å²) < 4.78 is 2.01. The number of nitrogens with zero attached hydrogens (tertiary/aromatic N) is 4. The van der Waals surface area contributed by atoms with Crippen LogP contribution in [0.3, 0.4) is 0 Å². The predicted molar refractivity (Wildman–Crippen MR) is 125 cm³/mol. The number of guanidine groups is 1. The topological polar surface area (TPSA) is 67.1 Å². The summed E-state index contributed by atoms with van der Waals surface area (Å²) in [5, 5.41) is 14.7. The van der Waals surface area contributed by atoms with E-state index < -0.39 is 0 Å². The fraction of sp³-hybridized carbons (Fsp3) is 0.571. The van der Waals surface area contributed by atoms with Crippen LogP contribution in [0, 0.1) is 0 Å². The molecule has 1 saturated carbocycles. The molecule has 0 unspecified atom stereocenters. The number of halogens is 1. The number of aromatic nitrogens is 3. The second kappa shape index (κ2) is 12.7. The fourth-order valence-electron chi connectivity index (χ4n) is 3.74. The average Bonchev–Trinajstić information content (AvgIpc) is 3.23. The Kier molecular flexibility index (Phi) is 10.3. The van der Waals surface area contributed by atoms with E-state index in [1.807, 2.05) is 4.57 Å². The van der Waals surface area contributed by atoms with Crippen molar-refractivity contribution in [3.05, 3.63) is 48.5 Å². The van der Waals surface area contributed by atoms with E-state index in [2.05, 4.69) is 58.1 Å². The number of hydrogen-bond acceptors (Lipinski definition) is 3. The number of nitrogens with one attached hydrogen (secondary N) is 2. The molecule has 3 rings (SSSR count). The first-order valence-electron chi connectivity index (χ1n) is 10.3. The minimum absolute atomic E-state index is 0. The normalized spacial score (nSPS) is 19.7. The van der Waals surface area contributed by atoms with E-state index in [-0.39, 0.29) is 24.0 Å². The Labute approximate surface area is 185 Å². The molecule has 7 heteroatoms. The van der Waals surface area contributed by atoms with Crippen molar-refractivity contribution in [2.24, 2.45) is 4.99 Å². The van der Waals surface area contributed by atoms with Gasteiger partial charge in [0.05, 0.1) is 0 Å². The van der Waals surface area contributed by atoms with Crippen molar-refractivity contribution in [2.45, 2.75) is 64.0 Å². The summed E-state index contributed by atoms with van der Waals surface area (Å²) in [5.41, 5.74) is 1.49. The molecule has 1 fully saturated rings. The highest BCUT2D eigenvalue weighted by Gasteiger charge is 2.22. The van der Waals surface area contributed by atoms with Gasteiger partial charge in [0, 0.05) is 25.7 Å². The molecule has 0 spiro atoms. The van der Waals surface area contributed by atoms with E-state index in [4.69, 9.17) is 4.99 Å². The van der Waals surface area contributed by atoms with E-state index in [0.717, 1.165) is 38.4 Å². The van der Waals surface area contributed by atoms with Gasteiger partial charge in [0.1, 0.15) is 12.7 Å². The van der Waals surface area contributed by atoms with Gasteiger partial charge in [0.15, 0.2) is 5.96 Å². The second-order valence-electron chi connectivity index (χ2n) is 7.27. The lowest BCUT2D eigenvalue weighted by atomic mass is 9.82. The third-order valence-corrected chi connectivity index (χ3v) is 5.24. The molecular weight excluding hydrogens is 463 g/mol. The van der Waals surface area contributed by atoms with Crippen LogP contribution >= 0.6 is 24.0 Å². The van der Waals surface area contributed by atoms with Crippen molar-refractivity contribution in [1.82, 2.24) is 25.4 Å². The second-order valence-corrected chi connectivity index (χ2v) is 7.27.